The molecule has 2 heterocycles. The molecule has 0 aliphatic carbocycles. The van der Waals surface area contributed by atoms with Crippen LogP contribution >= 0.6 is 11.6 Å². The number of hydrogen-bond donors (Lipinski definition) is 0. The van der Waals surface area contributed by atoms with Crippen molar-refractivity contribution in [1.82, 2.24) is 20.2 Å². The van der Waals surface area contributed by atoms with Gasteiger partial charge in [-0.3, -0.25) is 0 Å². The van der Waals surface area contributed by atoms with Gasteiger partial charge in [0.2, 0.25) is 5.88 Å². The van der Waals surface area contributed by atoms with Gasteiger partial charge in [0.1, 0.15) is 5.69 Å². The highest BCUT2D eigenvalue weighted by atomic mass is 35.5. The summed E-state index contributed by atoms with van der Waals surface area (Å²) in [4.78, 5) is 8.59. The van der Waals surface area contributed by atoms with Crippen LogP contribution in [0.1, 0.15) is 11.4 Å². The van der Waals surface area contributed by atoms with E-state index in [-0.39, 0.29) is 0 Å². The number of aromatic nitrogens is 4. The molecule has 17 heavy (non-hydrogen) atoms. The highest BCUT2D eigenvalue weighted by molar-refractivity contribution is 6.16. The second-order valence-corrected chi connectivity index (χ2v) is 3.69. The van der Waals surface area contributed by atoms with Crippen molar-refractivity contribution in [3.63, 3.8) is 0 Å². The van der Waals surface area contributed by atoms with Gasteiger partial charge in [-0.2, -0.15) is 0 Å². The van der Waals surface area contributed by atoms with E-state index >= 15 is 0 Å². The lowest BCUT2D eigenvalue weighted by atomic mass is 10.3. The predicted molar refractivity (Wildman–Crippen MR) is 63.9 cm³/mol. The first kappa shape index (κ1) is 11.7. The standard InChI is InChI=1S/C11H11ClN4O/c1-7-5-8(6-12)14-11(13-7)9-3-4-10(17-2)16-15-9/h3-5H,6H2,1-2H3. The summed E-state index contributed by atoms with van der Waals surface area (Å²) < 4.78 is 4.94. The fourth-order valence-corrected chi connectivity index (χ4v) is 1.50. The molecule has 0 aliphatic rings. The lowest BCUT2D eigenvalue weighted by molar-refractivity contribution is 0.392. The van der Waals surface area contributed by atoms with Crippen LogP contribution in [0.3, 0.4) is 0 Å². The monoisotopic (exact) mass is 250 g/mol. The number of rotatable bonds is 3. The number of hydrogen-bond acceptors (Lipinski definition) is 5. The zero-order chi connectivity index (χ0) is 12.3. The average molecular weight is 251 g/mol. The molecule has 5 nitrogen and oxygen atoms in total. The Labute approximate surface area is 104 Å². The first-order chi connectivity index (χ1) is 8.22. The smallest absolute Gasteiger partial charge is 0.233 e. The van der Waals surface area contributed by atoms with E-state index < -0.39 is 0 Å². The molecule has 0 radical (unpaired) electrons. The van der Waals surface area contributed by atoms with E-state index in [0.29, 0.717) is 23.3 Å². The van der Waals surface area contributed by atoms with Crippen LogP contribution in [0.4, 0.5) is 0 Å². The van der Waals surface area contributed by atoms with E-state index in [2.05, 4.69) is 20.2 Å². The molecular formula is C11H11ClN4O. The van der Waals surface area contributed by atoms with Crippen molar-refractivity contribution in [2.45, 2.75) is 12.8 Å². The molecule has 2 rings (SSSR count). The van der Waals surface area contributed by atoms with Crippen LogP contribution in [-0.2, 0) is 5.88 Å². The van der Waals surface area contributed by atoms with E-state index in [1.54, 1.807) is 19.2 Å². The van der Waals surface area contributed by atoms with Crippen LogP contribution in [0, 0.1) is 6.92 Å². The van der Waals surface area contributed by atoms with Crippen molar-refractivity contribution >= 4 is 11.6 Å². The summed E-state index contributed by atoms with van der Waals surface area (Å²) in [6, 6.07) is 5.32. The third-order valence-corrected chi connectivity index (χ3v) is 2.40. The molecule has 0 atom stereocenters. The number of methoxy groups -OCH3 is 1. The highest BCUT2D eigenvalue weighted by Gasteiger charge is 2.07. The Morgan fingerprint density at radius 1 is 1.24 bits per heavy atom. The topological polar surface area (TPSA) is 60.8 Å². The van der Waals surface area contributed by atoms with Crippen molar-refractivity contribution < 1.29 is 4.74 Å². The van der Waals surface area contributed by atoms with Crippen LogP contribution in [-0.4, -0.2) is 27.3 Å². The molecular weight excluding hydrogens is 240 g/mol. The van der Waals surface area contributed by atoms with E-state index in [0.717, 1.165) is 11.4 Å². The number of nitrogens with zero attached hydrogens (tertiary/aromatic N) is 4. The minimum absolute atomic E-state index is 0.347. The SMILES string of the molecule is COc1ccc(-c2nc(C)cc(CCl)n2)nn1. The van der Waals surface area contributed by atoms with E-state index in [1.165, 1.54) is 0 Å². The Kier molecular flexibility index (Phi) is 3.49. The van der Waals surface area contributed by atoms with Gasteiger partial charge in [-0.1, -0.05) is 0 Å². The van der Waals surface area contributed by atoms with Gasteiger partial charge in [-0.15, -0.1) is 21.8 Å². The summed E-state index contributed by atoms with van der Waals surface area (Å²) in [7, 11) is 1.54. The maximum atomic E-state index is 5.76. The van der Waals surface area contributed by atoms with Gasteiger partial charge in [0.25, 0.3) is 0 Å². The van der Waals surface area contributed by atoms with Gasteiger partial charge in [0.15, 0.2) is 5.82 Å². The molecule has 2 aromatic rings. The van der Waals surface area contributed by atoms with E-state index in [1.807, 2.05) is 13.0 Å². The summed E-state index contributed by atoms with van der Waals surface area (Å²) in [5, 5.41) is 7.87. The molecule has 0 bridgehead atoms. The molecule has 0 unspecified atom stereocenters. The fraction of sp³-hybridized carbons (Fsp3) is 0.273. The Hall–Kier alpha value is -1.75. The van der Waals surface area contributed by atoms with Crippen LogP contribution < -0.4 is 4.74 Å². The minimum Gasteiger partial charge on any atom is -0.480 e. The summed E-state index contributed by atoms with van der Waals surface area (Å²) in [6.07, 6.45) is 0. The molecule has 0 spiro atoms. The van der Waals surface area contributed by atoms with E-state index in [9.17, 15) is 0 Å². The van der Waals surface area contributed by atoms with Crippen molar-refractivity contribution in [2.24, 2.45) is 0 Å². The van der Waals surface area contributed by atoms with Crippen LogP contribution in [0.5, 0.6) is 5.88 Å². The van der Waals surface area contributed by atoms with Gasteiger partial charge in [0.05, 0.1) is 18.7 Å². The molecule has 0 N–H and O–H groups in total. The van der Waals surface area contributed by atoms with Gasteiger partial charge in [-0.25, -0.2) is 9.97 Å². The first-order valence-electron chi connectivity index (χ1n) is 5.01. The normalized spacial score (nSPS) is 10.3. The molecule has 6 heteroatoms. The van der Waals surface area contributed by atoms with Gasteiger partial charge in [0, 0.05) is 11.8 Å². The Morgan fingerprint density at radius 2 is 2.06 bits per heavy atom. The lowest BCUT2D eigenvalue weighted by Crippen LogP contribution is -1.99. The van der Waals surface area contributed by atoms with Crippen molar-refractivity contribution in [3.8, 4) is 17.4 Å². The molecule has 0 fully saturated rings. The minimum atomic E-state index is 0.347. The van der Waals surface area contributed by atoms with Crippen LogP contribution in [0.25, 0.3) is 11.5 Å². The molecule has 0 saturated heterocycles. The number of ether oxygens (including phenoxy) is 1. The zero-order valence-corrected chi connectivity index (χ0v) is 10.3. The number of halogens is 1. The number of aryl methyl sites for hydroxylation is 1. The summed E-state index contributed by atoms with van der Waals surface area (Å²) in [5.41, 5.74) is 2.22. The largest absolute Gasteiger partial charge is 0.480 e. The van der Waals surface area contributed by atoms with E-state index in [4.69, 9.17) is 16.3 Å². The summed E-state index contributed by atoms with van der Waals surface area (Å²) in [5.74, 6) is 1.33. The van der Waals surface area contributed by atoms with Gasteiger partial charge < -0.3 is 4.74 Å². The second kappa shape index (κ2) is 5.05. The number of alkyl halides is 1. The molecule has 0 amide bonds. The molecule has 2 aromatic heterocycles. The van der Waals surface area contributed by atoms with Crippen molar-refractivity contribution in [2.75, 3.05) is 7.11 Å². The summed E-state index contributed by atoms with van der Waals surface area (Å²) in [6.45, 7) is 1.89. The third-order valence-electron chi connectivity index (χ3n) is 2.12. The van der Waals surface area contributed by atoms with Crippen LogP contribution in [0.2, 0.25) is 0 Å². The van der Waals surface area contributed by atoms with Crippen molar-refractivity contribution in [3.05, 3.63) is 29.6 Å². The maximum Gasteiger partial charge on any atom is 0.233 e. The Balaban J connectivity index is 2.41. The molecule has 0 aromatic carbocycles. The molecule has 88 valence electrons. The first-order valence-corrected chi connectivity index (χ1v) is 5.55. The third kappa shape index (κ3) is 2.68. The highest BCUT2D eigenvalue weighted by Crippen LogP contribution is 2.15. The second-order valence-electron chi connectivity index (χ2n) is 3.42. The Morgan fingerprint density at radius 3 is 2.65 bits per heavy atom. The lowest BCUT2D eigenvalue weighted by Gasteiger charge is -2.03. The Bertz CT molecular complexity index is 515. The van der Waals surface area contributed by atoms with Gasteiger partial charge >= 0.3 is 0 Å². The average Bonchev–Trinajstić information content (AvgIpc) is 2.38. The molecule has 0 aliphatic heterocycles. The van der Waals surface area contributed by atoms with Gasteiger partial charge in [-0.05, 0) is 19.1 Å². The summed E-state index contributed by atoms with van der Waals surface area (Å²) >= 11 is 5.76. The molecule has 0 saturated carbocycles. The quantitative estimate of drug-likeness (QED) is 0.780. The predicted octanol–water partition coefficient (Wildman–Crippen LogP) is 1.99. The zero-order valence-electron chi connectivity index (χ0n) is 9.51. The van der Waals surface area contributed by atoms with Crippen LogP contribution in [0.15, 0.2) is 18.2 Å². The van der Waals surface area contributed by atoms with Crippen molar-refractivity contribution in [1.29, 1.82) is 0 Å². The maximum absolute atomic E-state index is 5.76. The fourth-order valence-electron chi connectivity index (χ4n) is 1.36.